The number of nitrogens with zero attached hydrogens (tertiary/aromatic N) is 1. The fourth-order valence-electron chi connectivity index (χ4n) is 4.50. The lowest BCUT2D eigenvalue weighted by Crippen LogP contribution is -2.57. The van der Waals surface area contributed by atoms with Gasteiger partial charge < -0.3 is 9.47 Å². The molecule has 4 nitrogen and oxygen atoms in total. The van der Waals surface area contributed by atoms with Gasteiger partial charge in [-0.3, -0.25) is 9.69 Å². The van der Waals surface area contributed by atoms with Crippen molar-refractivity contribution < 1.29 is 14.3 Å². The number of rotatable bonds is 6. The highest BCUT2D eigenvalue weighted by atomic mass is 16.5. The van der Waals surface area contributed by atoms with Crippen LogP contribution in [-0.2, 0) is 11.3 Å². The van der Waals surface area contributed by atoms with Crippen molar-refractivity contribution in [3.8, 4) is 5.75 Å². The predicted octanol–water partition coefficient (Wildman–Crippen LogP) is 4.34. The van der Waals surface area contributed by atoms with E-state index in [4.69, 9.17) is 9.47 Å². The van der Waals surface area contributed by atoms with Gasteiger partial charge in [0.15, 0.2) is 5.78 Å². The number of morpholine rings is 1. The van der Waals surface area contributed by atoms with E-state index in [0.717, 1.165) is 24.9 Å². The summed E-state index contributed by atoms with van der Waals surface area (Å²) >= 11 is 0. The number of benzene rings is 2. The van der Waals surface area contributed by atoms with E-state index in [1.165, 1.54) is 5.56 Å². The summed E-state index contributed by atoms with van der Waals surface area (Å²) in [4.78, 5) is 15.9. The van der Waals surface area contributed by atoms with Gasteiger partial charge in [0, 0.05) is 24.5 Å². The molecule has 28 heavy (non-hydrogen) atoms. The van der Waals surface area contributed by atoms with Gasteiger partial charge in [0.05, 0.1) is 24.9 Å². The van der Waals surface area contributed by atoms with Crippen molar-refractivity contribution in [1.82, 2.24) is 4.90 Å². The maximum atomic E-state index is 13.4. The fourth-order valence-corrected chi connectivity index (χ4v) is 4.50. The fraction of sp³-hybridized carbons (Fsp3) is 0.458. The molecule has 2 fully saturated rings. The van der Waals surface area contributed by atoms with E-state index in [1.54, 1.807) is 0 Å². The average Bonchev–Trinajstić information content (AvgIpc) is 2.68. The van der Waals surface area contributed by atoms with Gasteiger partial charge in [-0.2, -0.15) is 0 Å². The van der Waals surface area contributed by atoms with Crippen molar-refractivity contribution in [3.05, 3.63) is 65.7 Å². The number of carbonyl (C=O) groups is 1. The standard InChI is InChI=1S/C24H29NO3/c1-17(2)28-23-11-7-6-10-22(23)24(26)19-12-20-15-27-16-21(13-19)25(20)14-18-8-4-3-5-9-18/h3-11,17,19-21H,12-16H2,1-2H3. The Bertz CT molecular complexity index is 791. The first-order valence-corrected chi connectivity index (χ1v) is 10.3. The largest absolute Gasteiger partial charge is 0.490 e. The molecule has 2 bridgehead atoms. The molecule has 2 aromatic carbocycles. The van der Waals surface area contributed by atoms with E-state index in [1.807, 2.05) is 38.1 Å². The summed E-state index contributed by atoms with van der Waals surface area (Å²) in [5.74, 6) is 0.950. The number of hydrogen-bond donors (Lipinski definition) is 0. The number of fused-ring (bicyclic) bond motifs is 2. The van der Waals surface area contributed by atoms with E-state index in [0.29, 0.717) is 31.0 Å². The molecule has 0 amide bonds. The molecule has 2 aliphatic heterocycles. The number of ketones is 1. The van der Waals surface area contributed by atoms with Crippen LogP contribution in [0.15, 0.2) is 54.6 Å². The van der Waals surface area contributed by atoms with Crippen molar-refractivity contribution in [1.29, 1.82) is 0 Å². The maximum absolute atomic E-state index is 13.4. The van der Waals surface area contributed by atoms with Gasteiger partial charge in [0.2, 0.25) is 0 Å². The molecule has 2 unspecified atom stereocenters. The number of carbonyl (C=O) groups excluding carboxylic acids is 1. The van der Waals surface area contributed by atoms with Crippen molar-refractivity contribution in [3.63, 3.8) is 0 Å². The first kappa shape index (κ1) is 19.2. The van der Waals surface area contributed by atoms with Crippen molar-refractivity contribution >= 4 is 5.78 Å². The first-order chi connectivity index (χ1) is 13.6. The van der Waals surface area contributed by atoms with Gasteiger partial charge in [-0.15, -0.1) is 0 Å². The van der Waals surface area contributed by atoms with Gasteiger partial charge in [-0.1, -0.05) is 42.5 Å². The third-order valence-electron chi connectivity index (χ3n) is 5.77. The quantitative estimate of drug-likeness (QED) is 0.700. The van der Waals surface area contributed by atoms with Gasteiger partial charge in [0.25, 0.3) is 0 Å². The van der Waals surface area contributed by atoms with Crippen LogP contribution in [0.1, 0.15) is 42.6 Å². The van der Waals surface area contributed by atoms with Crippen LogP contribution >= 0.6 is 0 Å². The molecule has 2 heterocycles. The molecule has 4 heteroatoms. The van der Waals surface area contributed by atoms with Crippen LogP contribution in [0.3, 0.4) is 0 Å². The molecule has 2 aliphatic rings. The first-order valence-electron chi connectivity index (χ1n) is 10.3. The number of piperidine rings is 1. The molecule has 4 rings (SSSR count). The Hall–Kier alpha value is -2.17. The molecule has 2 aromatic rings. The third-order valence-corrected chi connectivity index (χ3v) is 5.77. The molecular weight excluding hydrogens is 350 g/mol. The lowest BCUT2D eigenvalue weighted by atomic mass is 9.80. The molecule has 0 radical (unpaired) electrons. The molecule has 0 N–H and O–H groups in total. The smallest absolute Gasteiger partial charge is 0.169 e. The van der Waals surface area contributed by atoms with Crippen LogP contribution in [0.25, 0.3) is 0 Å². The zero-order valence-electron chi connectivity index (χ0n) is 16.7. The molecule has 0 aliphatic carbocycles. The Labute approximate surface area is 167 Å². The molecule has 2 atom stereocenters. The monoisotopic (exact) mass is 379 g/mol. The maximum Gasteiger partial charge on any atom is 0.169 e. The molecule has 2 saturated heterocycles. The topological polar surface area (TPSA) is 38.8 Å². The molecule has 148 valence electrons. The summed E-state index contributed by atoms with van der Waals surface area (Å²) in [6.45, 7) is 6.32. The van der Waals surface area contributed by atoms with E-state index in [2.05, 4.69) is 35.2 Å². The summed E-state index contributed by atoms with van der Waals surface area (Å²) < 4.78 is 11.7. The minimum Gasteiger partial charge on any atom is -0.490 e. The number of ether oxygens (including phenoxy) is 2. The molecule has 0 saturated carbocycles. The second-order valence-electron chi connectivity index (χ2n) is 8.20. The van der Waals surface area contributed by atoms with Gasteiger partial charge in [0.1, 0.15) is 5.75 Å². The molecule has 0 spiro atoms. The minimum absolute atomic E-state index is 0.0304. The lowest BCUT2D eigenvalue weighted by Gasteiger charge is -2.48. The van der Waals surface area contributed by atoms with E-state index in [9.17, 15) is 4.79 Å². The van der Waals surface area contributed by atoms with E-state index < -0.39 is 0 Å². The Morgan fingerprint density at radius 3 is 2.36 bits per heavy atom. The van der Waals surface area contributed by atoms with Crippen LogP contribution in [0.4, 0.5) is 0 Å². The summed E-state index contributed by atoms with van der Waals surface area (Å²) in [5, 5.41) is 0. The van der Waals surface area contributed by atoms with Crippen LogP contribution in [-0.4, -0.2) is 42.1 Å². The zero-order chi connectivity index (χ0) is 19.5. The second-order valence-corrected chi connectivity index (χ2v) is 8.20. The zero-order valence-corrected chi connectivity index (χ0v) is 16.7. The van der Waals surface area contributed by atoms with Crippen molar-refractivity contribution in [2.24, 2.45) is 5.92 Å². The highest BCUT2D eigenvalue weighted by Crippen LogP contribution is 2.36. The van der Waals surface area contributed by atoms with Gasteiger partial charge in [-0.05, 0) is 44.4 Å². The Balaban J connectivity index is 1.51. The minimum atomic E-state index is 0.0304. The summed E-state index contributed by atoms with van der Waals surface area (Å²) in [5.41, 5.74) is 2.04. The summed E-state index contributed by atoms with van der Waals surface area (Å²) in [6, 6.07) is 18.8. The Morgan fingerprint density at radius 1 is 1.04 bits per heavy atom. The van der Waals surface area contributed by atoms with Crippen LogP contribution in [0.5, 0.6) is 5.75 Å². The SMILES string of the molecule is CC(C)Oc1ccccc1C(=O)C1CC2COCC(C1)N2Cc1ccccc1. The number of Topliss-reactive ketones (excluding diaryl/α,β-unsaturated/α-hetero) is 1. The van der Waals surface area contributed by atoms with Crippen LogP contribution in [0.2, 0.25) is 0 Å². The van der Waals surface area contributed by atoms with E-state index >= 15 is 0 Å². The van der Waals surface area contributed by atoms with Crippen LogP contribution in [0, 0.1) is 5.92 Å². The normalized spacial score (nSPS) is 24.9. The van der Waals surface area contributed by atoms with E-state index in [-0.39, 0.29) is 17.8 Å². The number of hydrogen-bond acceptors (Lipinski definition) is 4. The van der Waals surface area contributed by atoms with Gasteiger partial charge >= 0.3 is 0 Å². The highest BCUT2D eigenvalue weighted by Gasteiger charge is 2.41. The highest BCUT2D eigenvalue weighted by molar-refractivity contribution is 6.00. The van der Waals surface area contributed by atoms with Crippen molar-refractivity contribution in [2.45, 2.75) is 51.4 Å². The number of para-hydroxylation sites is 1. The van der Waals surface area contributed by atoms with Crippen LogP contribution < -0.4 is 4.74 Å². The summed E-state index contributed by atoms with van der Waals surface area (Å²) in [7, 11) is 0. The van der Waals surface area contributed by atoms with Gasteiger partial charge in [-0.25, -0.2) is 0 Å². The molecular formula is C24H29NO3. The lowest BCUT2D eigenvalue weighted by molar-refractivity contribution is -0.0873. The third kappa shape index (κ3) is 4.13. The molecule has 0 aromatic heterocycles. The Morgan fingerprint density at radius 2 is 1.68 bits per heavy atom. The van der Waals surface area contributed by atoms with Crippen molar-refractivity contribution in [2.75, 3.05) is 13.2 Å². The Kier molecular flexibility index (Phi) is 5.79. The summed E-state index contributed by atoms with van der Waals surface area (Å²) in [6.07, 6.45) is 1.74. The predicted molar refractivity (Wildman–Crippen MR) is 110 cm³/mol. The average molecular weight is 380 g/mol. The second kappa shape index (κ2) is 8.46.